The maximum atomic E-state index is 12.2. The van der Waals surface area contributed by atoms with Crippen LogP contribution < -0.4 is 10.6 Å². The van der Waals surface area contributed by atoms with Gasteiger partial charge in [-0.3, -0.25) is 14.4 Å². The zero-order chi connectivity index (χ0) is 18.9. The number of ketones is 1. The predicted octanol–water partition coefficient (Wildman–Crippen LogP) is 3.14. The second-order valence-electron chi connectivity index (χ2n) is 6.07. The molecule has 0 saturated carbocycles. The fourth-order valence-corrected chi connectivity index (χ4v) is 2.50. The van der Waals surface area contributed by atoms with Crippen molar-refractivity contribution in [2.45, 2.75) is 32.6 Å². The van der Waals surface area contributed by atoms with Gasteiger partial charge in [0.25, 0.3) is 0 Å². The Morgan fingerprint density at radius 2 is 1.42 bits per heavy atom. The highest BCUT2D eigenvalue weighted by Crippen LogP contribution is 2.12. The van der Waals surface area contributed by atoms with Crippen molar-refractivity contribution in [3.8, 4) is 0 Å². The molecule has 0 fully saturated rings. The van der Waals surface area contributed by atoms with Gasteiger partial charge in [-0.2, -0.15) is 0 Å². The Morgan fingerprint density at radius 3 is 2.00 bits per heavy atom. The third-order valence-corrected chi connectivity index (χ3v) is 4.14. The molecule has 2 amide bonds. The Labute approximate surface area is 153 Å². The van der Waals surface area contributed by atoms with Crippen LogP contribution in [0.25, 0.3) is 0 Å². The molecule has 26 heavy (non-hydrogen) atoms. The molecule has 2 aromatic rings. The molecule has 0 radical (unpaired) electrons. The highest BCUT2D eigenvalue weighted by atomic mass is 16.2. The molecule has 0 saturated heterocycles. The van der Waals surface area contributed by atoms with Gasteiger partial charge < -0.3 is 10.6 Å². The number of aryl methyl sites for hydroxylation is 1. The van der Waals surface area contributed by atoms with Gasteiger partial charge in [0.2, 0.25) is 11.8 Å². The third kappa shape index (κ3) is 5.84. The SMILES string of the molecule is CCc1ccc(C(=O)CCC(=O)Nc2ccc(CC(=O)NC)cc2)cc1. The van der Waals surface area contributed by atoms with Gasteiger partial charge in [0.15, 0.2) is 5.78 Å². The number of rotatable bonds is 8. The Balaban J connectivity index is 1.82. The number of nitrogens with one attached hydrogen (secondary N) is 2. The smallest absolute Gasteiger partial charge is 0.224 e. The van der Waals surface area contributed by atoms with Crippen LogP contribution in [0, 0.1) is 0 Å². The average molecular weight is 352 g/mol. The predicted molar refractivity (Wildman–Crippen MR) is 102 cm³/mol. The number of amides is 2. The summed E-state index contributed by atoms with van der Waals surface area (Å²) in [7, 11) is 1.59. The highest BCUT2D eigenvalue weighted by molar-refractivity contribution is 6.00. The van der Waals surface area contributed by atoms with Crippen molar-refractivity contribution in [3.05, 3.63) is 65.2 Å². The summed E-state index contributed by atoms with van der Waals surface area (Å²) in [6, 6.07) is 14.6. The molecule has 5 heteroatoms. The van der Waals surface area contributed by atoms with E-state index >= 15 is 0 Å². The third-order valence-electron chi connectivity index (χ3n) is 4.14. The summed E-state index contributed by atoms with van der Waals surface area (Å²) in [4.78, 5) is 35.5. The maximum Gasteiger partial charge on any atom is 0.224 e. The van der Waals surface area contributed by atoms with E-state index in [2.05, 4.69) is 17.6 Å². The van der Waals surface area contributed by atoms with Gasteiger partial charge >= 0.3 is 0 Å². The quantitative estimate of drug-likeness (QED) is 0.717. The van der Waals surface area contributed by atoms with Crippen molar-refractivity contribution in [3.63, 3.8) is 0 Å². The second kappa shape index (κ2) is 9.51. The number of carbonyl (C=O) groups is 3. The van der Waals surface area contributed by atoms with E-state index < -0.39 is 0 Å². The van der Waals surface area contributed by atoms with Crippen LogP contribution in [0.2, 0.25) is 0 Å². The number of anilines is 1. The van der Waals surface area contributed by atoms with Gasteiger partial charge in [0, 0.05) is 31.1 Å². The summed E-state index contributed by atoms with van der Waals surface area (Å²) in [5.74, 6) is -0.307. The normalized spacial score (nSPS) is 10.2. The first kappa shape index (κ1) is 19.4. The summed E-state index contributed by atoms with van der Waals surface area (Å²) in [6.45, 7) is 2.06. The minimum atomic E-state index is -0.206. The van der Waals surface area contributed by atoms with E-state index in [1.807, 2.05) is 24.3 Å². The Kier molecular flexibility index (Phi) is 7.09. The van der Waals surface area contributed by atoms with E-state index in [4.69, 9.17) is 0 Å². The second-order valence-corrected chi connectivity index (χ2v) is 6.07. The van der Waals surface area contributed by atoms with Crippen molar-refractivity contribution in [2.75, 3.05) is 12.4 Å². The summed E-state index contributed by atoms with van der Waals surface area (Å²) in [5, 5.41) is 5.34. The van der Waals surface area contributed by atoms with Crippen molar-refractivity contribution >= 4 is 23.3 Å². The van der Waals surface area contributed by atoms with Crippen LogP contribution >= 0.6 is 0 Å². The molecular weight excluding hydrogens is 328 g/mol. The lowest BCUT2D eigenvalue weighted by Crippen LogP contribution is -2.19. The van der Waals surface area contributed by atoms with E-state index in [1.54, 1.807) is 31.3 Å². The van der Waals surface area contributed by atoms with E-state index in [1.165, 1.54) is 5.56 Å². The lowest BCUT2D eigenvalue weighted by molar-refractivity contribution is -0.120. The molecule has 0 aliphatic heterocycles. The Hall–Kier alpha value is -2.95. The lowest BCUT2D eigenvalue weighted by Gasteiger charge is -2.07. The van der Waals surface area contributed by atoms with E-state index in [9.17, 15) is 14.4 Å². The van der Waals surface area contributed by atoms with E-state index in [0.717, 1.165) is 12.0 Å². The minimum absolute atomic E-state index is 0.0382. The van der Waals surface area contributed by atoms with Crippen molar-refractivity contribution in [1.82, 2.24) is 5.32 Å². The van der Waals surface area contributed by atoms with Crippen LogP contribution in [0.15, 0.2) is 48.5 Å². The number of Topliss-reactive ketones (excluding diaryl/α,β-unsaturated/α-hetero) is 1. The Morgan fingerprint density at radius 1 is 0.808 bits per heavy atom. The van der Waals surface area contributed by atoms with E-state index in [0.29, 0.717) is 17.7 Å². The lowest BCUT2D eigenvalue weighted by atomic mass is 10.0. The number of carbonyl (C=O) groups excluding carboxylic acids is 3. The highest BCUT2D eigenvalue weighted by Gasteiger charge is 2.10. The minimum Gasteiger partial charge on any atom is -0.359 e. The van der Waals surface area contributed by atoms with Gasteiger partial charge in [0.1, 0.15) is 0 Å². The molecule has 2 aromatic carbocycles. The molecule has 0 spiro atoms. The largest absolute Gasteiger partial charge is 0.359 e. The molecule has 0 heterocycles. The van der Waals surface area contributed by atoms with Gasteiger partial charge in [-0.05, 0) is 29.7 Å². The van der Waals surface area contributed by atoms with Crippen LogP contribution in [0.1, 0.15) is 41.3 Å². The molecule has 2 rings (SSSR count). The number of benzene rings is 2. The topological polar surface area (TPSA) is 75.3 Å². The summed E-state index contributed by atoms with van der Waals surface area (Å²) >= 11 is 0. The first-order chi connectivity index (χ1) is 12.5. The molecule has 2 N–H and O–H groups in total. The molecular formula is C21H24N2O3. The summed E-state index contributed by atoms with van der Waals surface area (Å²) in [6.07, 6.45) is 1.54. The van der Waals surface area contributed by atoms with Crippen LogP contribution in [-0.4, -0.2) is 24.6 Å². The van der Waals surface area contributed by atoms with Gasteiger partial charge in [0.05, 0.1) is 6.42 Å². The monoisotopic (exact) mass is 352 g/mol. The zero-order valence-corrected chi connectivity index (χ0v) is 15.2. The standard InChI is InChI=1S/C21H24N2O3/c1-3-15-4-8-17(9-5-15)19(24)12-13-20(25)23-18-10-6-16(7-11-18)14-21(26)22-2/h4-11H,3,12-14H2,1-2H3,(H,22,26)(H,23,25). The molecule has 136 valence electrons. The van der Waals surface area contributed by atoms with Crippen molar-refractivity contribution < 1.29 is 14.4 Å². The van der Waals surface area contributed by atoms with Gasteiger partial charge in [-0.15, -0.1) is 0 Å². The van der Waals surface area contributed by atoms with Gasteiger partial charge in [-0.1, -0.05) is 43.3 Å². The fourth-order valence-electron chi connectivity index (χ4n) is 2.50. The number of hydrogen-bond donors (Lipinski definition) is 2. The van der Waals surface area contributed by atoms with Crippen LogP contribution in [-0.2, 0) is 22.4 Å². The first-order valence-electron chi connectivity index (χ1n) is 8.73. The van der Waals surface area contributed by atoms with Crippen molar-refractivity contribution in [2.24, 2.45) is 0 Å². The molecule has 0 unspecified atom stereocenters. The average Bonchev–Trinajstić information content (AvgIpc) is 2.67. The van der Waals surface area contributed by atoms with Crippen LogP contribution in [0.3, 0.4) is 0 Å². The van der Waals surface area contributed by atoms with Crippen LogP contribution in [0.5, 0.6) is 0 Å². The van der Waals surface area contributed by atoms with E-state index in [-0.39, 0.29) is 30.4 Å². The maximum absolute atomic E-state index is 12.2. The molecule has 0 atom stereocenters. The number of hydrogen-bond acceptors (Lipinski definition) is 3. The summed E-state index contributed by atoms with van der Waals surface area (Å²) in [5.41, 5.74) is 3.33. The number of likely N-dealkylation sites (N-methyl/N-ethyl adjacent to an activating group) is 1. The zero-order valence-electron chi connectivity index (χ0n) is 15.2. The molecule has 0 aliphatic carbocycles. The molecule has 0 aliphatic rings. The Bertz CT molecular complexity index is 765. The van der Waals surface area contributed by atoms with Gasteiger partial charge in [-0.25, -0.2) is 0 Å². The first-order valence-corrected chi connectivity index (χ1v) is 8.73. The molecule has 5 nitrogen and oxygen atoms in total. The van der Waals surface area contributed by atoms with Crippen molar-refractivity contribution in [1.29, 1.82) is 0 Å². The molecule has 0 aromatic heterocycles. The molecule has 0 bridgehead atoms. The fraction of sp³-hybridized carbons (Fsp3) is 0.286. The summed E-state index contributed by atoms with van der Waals surface area (Å²) < 4.78 is 0. The van der Waals surface area contributed by atoms with Crippen LogP contribution in [0.4, 0.5) is 5.69 Å².